The predicted octanol–water partition coefficient (Wildman–Crippen LogP) is 4.13. The second-order valence-corrected chi connectivity index (χ2v) is 6.95. The monoisotopic (exact) mass is 525 g/mol. The average molecular weight is 525 g/mol. The van der Waals surface area contributed by atoms with Gasteiger partial charge in [-0.1, -0.05) is 33.1 Å². The summed E-state index contributed by atoms with van der Waals surface area (Å²) in [6.07, 6.45) is 10.1. The molecule has 4 atom stereocenters. The van der Waals surface area contributed by atoms with Gasteiger partial charge in [-0.25, -0.2) is 0 Å². The molecular formula is C18H34AcO3. The van der Waals surface area contributed by atoms with E-state index in [9.17, 15) is 5.11 Å². The maximum Gasteiger partial charge on any atom is 0.157 e. The van der Waals surface area contributed by atoms with Crippen LogP contribution in [0.2, 0.25) is 0 Å². The molecule has 0 aromatic heterocycles. The number of aliphatic hydroxyl groups is 1. The van der Waals surface area contributed by atoms with Crippen LogP contribution in [0.4, 0.5) is 0 Å². The minimum atomic E-state index is -0.0975. The van der Waals surface area contributed by atoms with Crippen molar-refractivity contribution in [3.8, 4) is 0 Å². The molecule has 2 fully saturated rings. The first-order valence-corrected chi connectivity index (χ1v) is 9.15. The summed E-state index contributed by atoms with van der Waals surface area (Å²) in [5.41, 5.74) is 0. The standard InChI is InChI=1S/C18H34O3.Ac/c1-3-14-12-15(4-2)16(13-14)17(19)8-5-6-9-18-20-10-7-11-21-18;/h14-19H,3-13H2,1-2H3;. The fourth-order valence-corrected chi connectivity index (χ4v) is 4.13. The van der Waals surface area contributed by atoms with Crippen molar-refractivity contribution in [3.63, 3.8) is 0 Å². The summed E-state index contributed by atoms with van der Waals surface area (Å²) in [4.78, 5) is 0. The molecule has 0 bridgehead atoms. The Morgan fingerprint density at radius 1 is 1.05 bits per heavy atom. The third kappa shape index (κ3) is 6.67. The molecule has 22 heavy (non-hydrogen) atoms. The maximum atomic E-state index is 10.5. The average Bonchev–Trinajstić information content (AvgIpc) is 2.96. The number of hydrogen-bond donors (Lipinski definition) is 1. The summed E-state index contributed by atoms with van der Waals surface area (Å²) in [6.45, 7) is 6.24. The van der Waals surface area contributed by atoms with Crippen molar-refractivity contribution in [2.75, 3.05) is 13.2 Å². The van der Waals surface area contributed by atoms with Crippen LogP contribution in [0.1, 0.15) is 71.6 Å². The first-order valence-electron chi connectivity index (χ1n) is 9.15. The largest absolute Gasteiger partial charge is 0.393 e. The van der Waals surface area contributed by atoms with Gasteiger partial charge in [-0.2, -0.15) is 0 Å². The van der Waals surface area contributed by atoms with Crippen LogP contribution in [0.15, 0.2) is 0 Å². The van der Waals surface area contributed by atoms with Crippen molar-refractivity contribution >= 4 is 0 Å². The van der Waals surface area contributed by atoms with E-state index in [0.29, 0.717) is 5.92 Å². The van der Waals surface area contributed by atoms with Crippen LogP contribution < -0.4 is 0 Å². The van der Waals surface area contributed by atoms with Crippen molar-refractivity contribution < 1.29 is 58.6 Å². The van der Waals surface area contributed by atoms with E-state index in [1.807, 2.05) is 0 Å². The molecule has 3 nitrogen and oxygen atoms in total. The van der Waals surface area contributed by atoms with Gasteiger partial charge in [0.05, 0.1) is 19.3 Å². The zero-order valence-corrected chi connectivity index (χ0v) is 19.3. The van der Waals surface area contributed by atoms with Gasteiger partial charge in [0, 0.05) is 44.1 Å². The maximum absolute atomic E-state index is 10.5. The number of aliphatic hydroxyl groups excluding tert-OH is 1. The van der Waals surface area contributed by atoms with Gasteiger partial charge < -0.3 is 14.6 Å². The van der Waals surface area contributed by atoms with Gasteiger partial charge in [0.25, 0.3) is 0 Å². The van der Waals surface area contributed by atoms with Gasteiger partial charge in [-0.15, -0.1) is 0 Å². The third-order valence-electron chi connectivity index (χ3n) is 5.53. The Morgan fingerprint density at radius 3 is 2.41 bits per heavy atom. The summed E-state index contributed by atoms with van der Waals surface area (Å²) in [5, 5.41) is 10.5. The fourth-order valence-electron chi connectivity index (χ4n) is 4.13. The van der Waals surface area contributed by atoms with Crippen molar-refractivity contribution in [1.82, 2.24) is 0 Å². The molecule has 4 unspecified atom stereocenters. The summed E-state index contributed by atoms with van der Waals surface area (Å²) in [7, 11) is 0. The zero-order chi connectivity index (χ0) is 15.1. The number of rotatable bonds is 8. The molecule has 2 aliphatic rings. The minimum absolute atomic E-state index is 0. The van der Waals surface area contributed by atoms with Gasteiger partial charge in [0.15, 0.2) is 6.29 Å². The Morgan fingerprint density at radius 2 is 1.77 bits per heavy atom. The minimum Gasteiger partial charge on any atom is -0.393 e. The van der Waals surface area contributed by atoms with Gasteiger partial charge in [0.2, 0.25) is 0 Å². The van der Waals surface area contributed by atoms with Crippen LogP contribution >= 0.6 is 0 Å². The van der Waals surface area contributed by atoms with E-state index in [0.717, 1.165) is 57.2 Å². The van der Waals surface area contributed by atoms with Gasteiger partial charge in [-0.05, 0) is 56.3 Å². The van der Waals surface area contributed by atoms with E-state index in [2.05, 4.69) is 13.8 Å². The topological polar surface area (TPSA) is 38.7 Å². The Bertz CT molecular complexity index is 282. The normalized spacial score (nSPS) is 31.0. The van der Waals surface area contributed by atoms with Crippen LogP contribution in [0.5, 0.6) is 0 Å². The van der Waals surface area contributed by atoms with Crippen LogP contribution in [-0.4, -0.2) is 30.7 Å². The van der Waals surface area contributed by atoms with Crippen molar-refractivity contribution in [2.24, 2.45) is 17.8 Å². The molecule has 0 aromatic rings. The SMILES string of the molecule is CCC1CC(CC)C(C(O)CCCCC2OCCCO2)C1.[Ac]. The summed E-state index contributed by atoms with van der Waals surface area (Å²) < 4.78 is 11.1. The van der Waals surface area contributed by atoms with E-state index in [1.54, 1.807) is 0 Å². The van der Waals surface area contributed by atoms with E-state index in [-0.39, 0.29) is 56.5 Å². The van der Waals surface area contributed by atoms with Crippen molar-refractivity contribution in [1.29, 1.82) is 0 Å². The Kier molecular flexibility index (Phi) is 11.5. The molecule has 2 rings (SSSR count). The third-order valence-corrected chi connectivity index (χ3v) is 5.53. The molecule has 1 heterocycles. The van der Waals surface area contributed by atoms with Gasteiger partial charge >= 0.3 is 0 Å². The van der Waals surface area contributed by atoms with Gasteiger partial charge in [0.1, 0.15) is 0 Å². The molecule has 4 heteroatoms. The predicted molar refractivity (Wildman–Crippen MR) is 85.1 cm³/mol. The molecule has 1 saturated heterocycles. The molecule has 0 amide bonds. The summed E-state index contributed by atoms with van der Waals surface area (Å²) >= 11 is 0. The molecule has 0 spiro atoms. The number of unbranched alkanes of at least 4 members (excludes halogenated alkanes) is 1. The number of ether oxygens (including phenoxy) is 2. The van der Waals surface area contributed by atoms with Crippen molar-refractivity contribution in [3.05, 3.63) is 0 Å². The second-order valence-electron chi connectivity index (χ2n) is 6.95. The van der Waals surface area contributed by atoms with Crippen LogP contribution in [0, 0.1) is 61.8 Å². The van der Waals surface area contributed by atoms with Crippen LogP contribution in [-0.2, 0) is 9.47 Å². The summed E-state index contributed by atoms with van der Waals surface area (Å²) in [5.74, 6) is 2.13. The molecule has 1 aliphatic heterocycles. The summed E-state index contributed by atoms with van der Waals surface area (Å²) in [6, 6.07) is 0. The molecule has 1 N–H and O–H groups in total. The molecular weight excluding hydrogens is 491 g/mol. The molecule has 1 radical (unpaired) electrons. The Hall–Kier alpha value is 1.32. The first-order chi connectivity index (χ1) is 10.2. The van der Waals surface area contributed by atoms with E-state index < -0.39 is 0 Å². The quantitative estimate of drug-likeness (QED) is 0.485. The Balaban J connectivity index is 0.00000242. The zero-order valence-electron chi connectivity index (χ0n) is 14.5. The Labute approximate surface area is 172 Å². The van der Waals surface area contributed by atoms with Crippen LogP contribution in [0.25, 0.3) is 0 Å². The fraction of sp³-hybridized carbons (Fsp3) is 1.00. The van der Waals surface area contributed by atoms with E-state index in [4.69, 9.17) is 9.47 Å². The number of hydrogen-bond acceptors (Lipinski definition) is 3. The van der Waals surface area contributed by atoms with Gasteiger partial charge in [-0.3, -0.25) is 0 Å². The van der Waals surface area contributed by atoms with Crippen LogP contribution in [0.3, 0.4) is 0 Å². The van der Waals surface area contributed by atoms with Crippen molar-refractivity contribution in [2.45, 2.75) is 84.0 Å². The first kappa shape index (κ1) is 21.4. The molecule has 1 saturated carbocycles. The molecule has 127 valence electrons. The molecule has 1 aliphatic carbocycles. The molecule has 0 aromatic carbocycles. The van der Waals surface area contributed by atoms with E-state index >= 15 is 0 Å². The van der Waals surface area contributed by atoms with E-state index in [1.165, 1.54) is 25.7 Å². The smallest absolute Gasteiger partial charge is 0.157 e. The second kappa shape index (κ2) is 11.8.